The summed E-state index contributed by atoms with van der Waals surface area (Å²) in [5.74, 6) is 2.14. The average molecular weight is 450 g/mol. The van der Waals surface area contributed by atoms with E-state index in [-0.39, 0.29) is 12.6 Å². The summed E-state index contributed by atoms with van der Waals surface area (Å²) in [7, 11) is -3.55. The Labute approximate surface area is 182 Å². The highest BCUT2D eigenvalue weighted by Crippen LogP contribution is 2.48. The van der Waals surface area contributed by atoms with Crippen LogP contribution < -0.4 is 10.0 Å². The minimum Gasteiger partial charge on any atom is -0.396 e. The number of benzene rings is 1. The van der Waals surface area contributed by atoms with E-state index < -0.39 is 10.0 Å². The molecule has 1 aromatic carbocycles. The zero-order chi connectivity index (χ0) is 20.7. The van der Waals surface area contributed by atoms with Crippen LogP contribution in [-0.2, 0) is 10.0 Å². The number of nitrogens with one attached hydrogen (secondary N) is 2. The van der Waals surface area contributed by atoms with Gasteiger partial charge in [-0.05, 0) is 67.6 Å². The first-order valence-electron chi connectivity index (χ1n) is 11.3. The van der Waals surface area contributed by atoms with Crippen molar-refractivity contribution in [2.45, 2.75) is 62.3 Å². The lowest BCUT2D eigenvalue weighted by Gasteiger charge is -2.27. The number of aromatic nitrogens is 1. The standard InChI is InChI=1S/C22H31N3O3S2/c26-13-17-10-16-9-15(17)11-20(16)25-30(27,28)18-6-7-19-21(12-18)29-22(24-19)23-8-2-1-3-14-4-5-14/h6-7,12,14-17,20,25-26H,1-5,8-11,13H2,(H,23,24)/t15-,16-,17+,20-/m1/s1. The first-order valence-corrected chi connectivity index (χ1v) is 13.6. The number of hydrogen-bond donors (Lipinski definition) is 3. The van der Waals surface area contributed by atoms with Crippen molar-refractivity contribution >= 4 is 36.7 Å². The molecule has 3 aliphatic rings. The monoisotopic (exact) mass is 449 g/mol. The molecule has 0 aliphatic heterocycles. The van der Waals surface area contributed by atoms with Gasteiger partial charge >= 0.3 is 0 Å². The molecule has 2 aromatic rings. The summed E-state index contributed by atoms with van der Waals surface area (Å²) in [5, 5.41) is 13.7. The van der Waals surface area contributed by atoms with Crippen LogP contribution in [0.1, 0.15) is 51.4 Å². The van der Waals surface area contributed by atoms with Gasteiger partial charge < -0.3 is 10.4 Å². The van der Waals surface area contributed by atoms with Crippen molar-refractivity contribution in [3.05, 3.63) is 18.2 Å². The summed E-state index contributed by atoms with van der Waals surface area (Å²) in [6.45, 7) is 1.14. The van der Waals surface area contributed by atoms with Crippen molar-refractivity contribution in [3.8, 4) is 0 Å². The number of rotatable bonds is 10. The molecular weight excluding hydrogens is 418 g/mol. The van der Waals surface area contributed by atoms with Crippen molar-refractivity contribution in [2.24, 2.45) is 23.7 Å². The summed E-state index contributed by atoms with van der Waals surface area (Å²) >= 11 is 1.52. The first-order chi connectivity index (χ1) is 14.5. The lowest BCUT2D eigenvalue weighted by atomic mass is 9.87. The molecule has 0 amide bonds. The van der Waals surface area contributed by atoms with Crippen LogP contribution in [0.3, 0.4) is 0 Å². The molecule has 0 radical (unpaired) electrons. The normalized spacial score (nSPS) is 28.4. The largest absolute Gasteiger partial charge is 0.396 e. The van der Waals surface area contributed by atoms with Crippen molar-refractivity contribution in [2.75, 3.05) is 18.5 Å². The quantitative estimate of drug-likeness (QED) is 0.477. The summed E-state index contributed by atoms with van der Waals surface area (Å²) < 4.78 is 29.8. The van der Waals surface area contributed by atoms with E-state index in [4.69, 9.17) is 0 Å². The molecular formula is C22H31N3O3S2. The minimum atomic E-state index is -3.55. The van der Waals surface area contributed by atoms with E-state index in [1.807, 2.05) is 0 Å². The summed E-state index contributed by atoms with van der Waals surface area (Å²) in [4.78, 5) is 4.92. The predicted molar refractivity (Wildman–Crippen MR) is 120 cm³/mol. The van der Waals surface area contributed by atoms with E-state index in [1.165, 1.54) is 37.0 Å². The topological polar surface area (TPSA) is 91.3 Å². The van der Waals surface area contributed by atoms with Crippen molar-refractivity contribution in [1.29, 1.82) is 0 Å². The number of sulfonamides is 1. The van der Waals surface area contributed by atoms with E-state index in [1.54, 1.807) is 18.2 Å². The summed E-state index contributed by atoms with van der Waals surface area (Å²) in [6, 6.07) is 5.21. The Kier molecular flexibility index (Phi) is 5.77. The highest BCUT2D eigenvalue weighted by atomic mass is 32.2. The molecule has 1 heterocycles. The zero-order valence-corrected chi connectivity index (χ0v) is 18.9. The fourth-order valence-electron chi connectivity index (χ4n) is 5.34. The van der Waals surface area contributed by atoms with Crippen LogP contribution in [0.25, 0.3) is 10.2 Å². The van der Waals surface area contributed by atoms with Crippen LogP contribution >= 0.6 is 11.3 Å². The lowest BCUT2D eigenvalue weighted by molar-refractivity contribution is 0.168. The van der Waals surface area contributed by atoms with Crippen LogP contribution in [0.2, 0.25) is 0 Å². The van der Waals surface area contributed by atoms with E-state index >= 15 is 0 Å². The van der Waals surface area contributed by atoms with Crippen molar-refractivity contribution in [1.82, 2.24) is 9.71 Å². The SMILES string of the molecule is O=S(=O)(N[C@@H]1C[C@H]2C[C@@H]1C[C@H]2CO)c1ccc2nc(NCCCCC3CC3)sc2c1. The second kappa shape index (κ2) is 8.37. The number of aliphatic hydroxyl groups excluding tert-OH is 1. The molecule has 3 aliphatic carbocycles. The molecule has 30 heavy (non-hydrogen) atoms. The van der Waals surface area contributed by atoms with Crippen LogP contribution in [0.4, 0.5) is 5.13 Å². The smallest absolute Gasteiger partial charge is 0.240 e. The van der Waals surface area contributed by atoms with Gasteiger partial charge in [-0.25, -0.2) is 18.1 Å². The van der Waals surface area contributed by atoms with Crippen LogP contribution in [0, 0.1) is 23.7 Å². The molecule has 5 rings (SSSR count). The minimum absolute atomic E-state index is 0.00664. The van der Waals surface area contributed by atoms with Crippen LogP contribution in [-0.4, -0.2) is 37.7 Å². The fourth-order valence-corrected chi connectivity index (χ4v) is 7.69. The maximum atomic E-state index is 13.0. The Bertz CT molecular complexity index is 1000. The fraction of sp³-hybridized carbons (Fsp3) is 0.682. The molecule has 6 nitrogen and oxygen atoms in total. The Morgan fingerprint density at radius 2 is 2.00 bits per heavy atom. The van der Waals surface area contributed by atoms with Gasteiger partial charge in [-0.3, -0.25) is 0 Å². The highest BCUT2D eigenvalue weighted by molar-refractivity contribution is 7.89. The van der Waals surface area contributed by atoms with Gasteiger partial charge in [0.15, 0.2) is 5.13 Å². The third-order valence-corrected chi connectivity index (χ3v) is 9.69. The molecule has 164 valence electrons. The number of anilines is 1. The third kappa shape index (κ3) is 4.38. The van der Waals surface area contributed by atoms with Gasteiger partial charge in [-0.2, -0.15) is 0 Å². The number of thiazole rings is 1. The van der Waals surface area contributed by atoms with Gasteiger partial charge in [0.05, 0.1) is 15.1 Å². The number of nitrogens with zero attached hydrogens (tertiary/aromatic N) is 1. The lowest BCUT2D eigenvalue weighted by Crippen LogP contribution is -2.40. The molecule has 0 unspecified atom stereocenters. The van der Waals surface area contributed by atoms with Gasteiger partial charge in [0.25, 0.3) is 0 Å². The second-order valence-corrected chi connectivity index (χ2v) is 12.2. The maximum Gasteiger partial charge on any atom is 0.240 e. The first kappa shape index (κ1) is 20.7. The molecule has 4 atom stereocenters. The van der Waals surface area contributed by atoms with Gasteiger partial charge in [-0.15, -0.1) is 0 Å². The summed E-state index contributed by atoms with van der Waals surface area (Å²) in [6.07, 6.45) is 9.38. The van der Waals surface area contributed by atoms with Gasteiger partial charge in [-0.1, -0.05) is 37.0 Å². The van der Waals surface area contributed by atoms with E-state index in [0.29, 0.717) is 22.6 Å². The molecule has 1 aromatic heterocycles. The predicted octanol–water partition coefficient (Wildman–Crippen LogP) is 3.97. The molecule has 8 heteroatoms. The molecule has 0 spiro atoms. The number of aliphatic hydroxyl groups is 1. The summed E-state index contributed by atoms with van der Waals surface area (Å²) in [5.41, 5.74) is 0.838. The number of hydrogen-bond acceptors (Lipinski definition) is 6. The average Bonchev–Trinajstić information content (AvgIpc) is 3.15. The molecule has 0 saturated heterocycles. The second-order valence-electron chi connectivity index (χ2n) is 9.41. The van der Waals surface area contributed by atoms with Gasteiger partial charge in [0, 0.05) is 19.2 Å². The van der Waals surface area contributed by atoms with Crippen LogP contribution in [0.5, 0.6) is 0 Å². The maximum absolute atomic E-state index is 13.0. The van der Waals surface area contributed by atoms with E-state index in [9.17, 15) is 13.5 Å². The molecule has 3 saturated carbocycles. The van der Waals surface area contributed by atoms with Crippen molar-refractivity contribution in [3.63, 3.8) is 0 Å². The Morgan fingerprint density at radius 3 is 2.73 bits per heavy atom. The van der Waals surface area contributed by atoms with Crippen LogP contribution in [0.15, 0.2) is 23.1 Å². The van der Waals surface area contributed by atoms with Gasteiger partial charge in [0.2, 0.25) is 10.0 Å². The molecule has 3 N–H and O–H groups in total. The third-order valence-electron chi connectivity index (χ3n) is 7.23. The Balaban J connectivity index is 1.20. The molecule has 2 bridgehead atoms. The zero-order valence-electron chi connectivity index (χ0n) is 17.2. The Morgan fingerprint density at radius 1 is 1.13 bits per heavy atom. The Hall–Kier alpha value is -1.22. The molecule has 3 fully saturated rings. The van der Waals surface area contributed by atoms with E-state index in [2.05, 4.69) is 15.0 Å². The van der Waals surface area contributed by atoms with Gasteiger partial charge in [0.1, 0.15) is 0 Å². The number of unbranched alkanes of at least 4 members (excludes halogenated alkanes) is 1. The highest BCUT2D eigenvalue weighted by Gasteiger charge is 2.46. The van der Waals surface area contributed by atoms with Crippen molar-refractivity contribution < 1.29 is 13.5 Å². The van der Waals surface area contributed by atoms with E-state index in [0.717, 1.165) is 53.5 Å². The number of fused-ring (bicyclic) bond motifs is 3.